The van der Waals surface area contributed by atoms with Crippen LogP contribution in [0.4, 0.5) is 0 Å². The average molecular weight is 208 g/mol. The number of likely N-dealkylation sites (tertiary alicyclic amines) is 1. The molecule has 0 bridgehead atoms. The highest BCUT2D eigenvalue weighted by molar-refractivity contribution is 5.14. The highest BCUT2D eigenvalue weighted by atomic mass is 15.1. The maximum absolute atomic E-state index is 4.13. The van der Waals surface area contributed by atoms with E-state index in [0.717, 1.165) is 12.5 Å². The van der Waals surface area contributed by atoms with Gasteiger partial charge in [0.05, 0.1) is 0 Å². The molecule has 1 atom stereocenters. The second-order valence-electron chi connectivity index (χ2n) is 4.85. The molecule has 2 nitrogen and oxygen atoms in total. The van der Waals surface area contributed by atoms with Crippen molar-refractivity contribution in [2.45, 2.75) is 19.8 Å². The van der Waals surface area contributed by atoms with Gasteiger partial charge in [-0.25, -0.2) is 0 Å². The summed E-state index contributed by atoms with van der Waals surface area (Å²) in [6.45, 7) is 9.79. The average Bonchev–Trinajstić information content (AvgIpc) is 2.17. The van der Waals surface area contributed by atoms with Crippen LogP contribution in [-0.2, 0) is 0 Å². The summed E-state index contributed by atoms with van der Waals surface area (Å²) < 4.78 is 0. The first-order valence-corrected chi connectivity index (χ1v) is 5.84. The van der Waals surface area contributed by atoms with Crippen LogP contribution in [0.15, 0.2) is 24.4 Å². The summed E-state index contributed by atoms with van der Waals surface area (Å²) >= 11 is 0. The highest BCUT2D eigenvalue weighted by Crippen LogP contribution is 2.19. The molecule has 86 valence electrons. The van der Waals surface area contributed by atoms with E-state index in [1.807, 2.05) is 0 Å². The van der Waals surface area contributed by atoms with Gasteiger partial charge in [-0.1, -0.05) is 19.6 Å². The Hall–Kier alpha value is -0.760. The Labute approximate surface area is 94.3 Å². The van der Waals surface area contributed by atoms with Gasteiger partial charge < -0.3 is 9.80 Å². The van der Waals surface area contributed by atoms with Gasteiger partial charge in [-0.15, -0.1) is 0 Å². The third-order valence-electron chi connectivity index (χ3n) is 2.84. The fraction of sp³-hybridized carbons (Fsp3) is 0.692. The first kappa shape index (κ1) is 12.3. The van der Waals surface area contributed by atoms with E-state index in [1.54, 1.807) is 0 Å². The van der Waals surface area contributed by atoms with Crippen LogP contribution < -0.4 is 0 Å². The first-order valence-electron chi connectivity index (χ1n) is 5.84. The number of piperidine rings is 1. The Balaban J connectivity index is 2.35. The Kier molecular flexibility index (Phi) is 4.89. The van der Waals surface area contributed by atoms with E-state index in [-0.39, 0.29) is 0 Å². The van der Waals surface area contributed by atoms with Gasteiger partial charge in [0.2, 0.25) is 0 Å². The number of likely N-dealkylation sites (N-methyl/N-ethyl adjacent to an activating group) is 1. The Bertz CT molecular complexity index is 231. The van der Waals surface area contributed by atoms with Crippen molar-refractivity contribution in [1.29, 1.82) is 0 Å². The zero-order valence-corrected chi connectivity index (χ0v) is 10.4. The second-order valence-corrected chi connectivity index (χ2v) is 4.85. The van der Waals surface area contributed by atoms with E-state index < -0.39 is 0 Å². The summed E-state index contributed by atoms with van der Waals surface area (Å²) in [5.41, 5.74) is 1.17. The minimum absolute atomic E-state index is 0.817. The van der Waals surface area contributed by atoms with Crippen molar-refractivity contribution in [2.75, 3.05) is 33.7 Å². The lowest BCUT2D eigenvalue weighted by Gasteiger charge is -2.33. The third kappa shape index (κ3) is 4.52. The van der Waals surface area contributed by atoms with Crippen LogP contribution in [0, 0.1) is 5.92 Å². The van der Waals surface area contributed by atoms with Crippen molar-refractivity contribution < 1.29 is 0 Å². The van der Waals surface area contributed by atoms with E-state index in [2.05, 4.69) is 49.5 Å². The zero-order valence-electron chi connectivity index (χ0n) is 10.4. The van der Waals surface area contributed by atoms with Gasteiger partial charge in [-0.3, -0.25) is 0 Å². The molecule has 0 N–H and O–H groups in total. The van der Waals surface area contributed by atoms with E-state index in [4.69, 9.17) is 0 Å². The van der Waals surface area contributed by atoms with Gasteiger partial charge in [0.1, 0.15) is 0 Å². The van der Waals surface area contributed by atoms with Gasteiger partial charge in [-0.05, 0) is 38.9 Å². The number of allylic oxidation sites excluding steroid dienone is 1. The fourth-order valence-electron chi connectivity index (χ4n) is 1.96. The van der Waals surface area contributed by atoms with Crippen LogP contribution in [0.1, 0.15) is 19.8 Å². The maximum atomic E-state index is 4.13. The van der Waals surface area contributed by atoms with Gasteiger partial charge >= 0.3 is 0 Å². The molecule has 1 rings (SSSR count). The van der Waals surface area contributed by atoms with Crippen molar-refractivity contribution >= 4 is 0 Å². The number of nitrogens with zero attached hydrogens (tertiary/aromatic N) is 2. The van der Waals surface area contributed by atoms with Gasteiger partial charge in [0.15, 0.2) is 0 Å². The normalized spacial score (nSPS) is 22.7. The van der Waals surface area contributed by atoms with E-state index >= 15 is 0 Å². The predicted octanol–water partition coefficient (Wildman–Crippen LogP) is 2.35. The van der Waals surface area contributed by atoms with Crippen LogP contribution >= 0.6 is 0 Å². The molecular weight excluding hydrogens is 184 g/mol. The largest absolute Gasteiger partial charge is 0.372 e. The predicted molar refractivity (Wildman–Crippen MR) is 66.8 cm³/mol. The second kappa shape index (κ2) is 5.96. The molecule has 0 saturated carbocycles. The molecule has 1 heterocycles. The van der Waals surface area contributed by atoms with E-state index in [9.17, 15) is 0 Å². The van der Waals surface area contributed by atoms with Crippen LogP contribution in [0.2, 0.25) is 0 Å². The Morgan fingerprint density at radius 2 is 2.27 bits per heavy atom. The molecule has 1 aliphatic heterocycles. The number of hydrogen-bond acceptors (Lipinski definition) is 2. The van der Waals surface area contributed by atoms with Crippen LogP contribution in [-0.4, -0.2) is 43.5 Å². The molecule has 1 saturated heterocycles. The molecule has 15 heavy (non-hydrogen) atoms. The van der Waals surface area contributed by atoms with Gasteiger partial charge in [-0.2, -0.15) is 0 Å². The molecule has 0 aromatic heterocycles. The summed E-state index contributed by atoms with van der Waals surface area (Å²) in [4.78, 5) is 4.56. The van der Waals surface area contributed by atoms with Crippen LogP contribution in [0.5, 0.6) is 0 Å². The summed E-state index contributed by atoms with van der Waals surface area (Å²) in [6, 6.07) is 0. The van der Waals surface area contributed by atoms with Gasteiger partial charge in [0, 0.05) is 25.3 Å². The third-order valence-corrected chi connectivity index (χ3v) is 2.84. The Morgan fingerprint density at radius 3 is 2.87 bits per heavy atom. The number of hydrogen-bond donors (Lipinski definition) is 0. The molecule has 0 aliphatic carbocycles. The van der Waals surface area contributed by atoms with Crippen molar-refractivity contribution in [3.63, 3.8) is 0 Å². The Morgan fingerprint density at radius 1 is 1.53 bits per heavy atom. The quantitative estimate of drug-likeness (QED) is 0.654. The molecule has 0 aromatic rings. The van der Waals surface area contributed by atoms with Crippen molar-refractivity contribution in [1.82, 2.24) is 9.80 Å². The topological polar surface area (TPSA) is 6.48 Å². The number of rotatable bonds is 4. The van der Waals surface area contributed by atoms with Gasteiger partial charge in [0.25, 0.3) is 0 Å². The van der Waals surface area contributed by atoms with Crippen molar-refractivity contribution in [2.24, 2.45) is 5.92 Å². The first-order chi connectivity index (χ1) is 7.09. The maximum Gasteiger partial charge on any atom is 0.0290 e. The molecule has 1 unspecified atom stereocenters. The van der Waals surface area contributed by atoms with Crippen molar-refractivity contribution in [3.8, 4) is 0 Å². The lowest BCUT2D eigenvalue weighted by molar-refractivity contribution is 0.235. The van der Waals surface area contributed by atoms with E-state index in [1.165, 1.54) is 31.6 Å². The smallest absolute Gasteiger partial charge is 0.0290 e. The van der Waals surface area contributed by atoms with Crippen LogP contribution in [0.25, 0.3) is 0 Å². The molecule has 0 amide bonds. The molecule has 2 heteroatoms. The van der Waals surface area contributed by atoms with E-state index in [0.29, 0.717) is 0 Å². The lowest BCUT2D eigenvalue weighted by atomic mass is 10.00. The standard InChI is InChI=1S/C13H24N2/c1-12-7-5-10-15(11-12)13(2)8-6-9-14(3)4/h6,8,12H,2,5,7,9-11H2,1,3-4H3/b8-6+. The minimum Gasteiger partial charge on any atom is -0.372 e. The minimum atomic E-state index is 0.817. The monoisotopic (exact) mass is 208 g/mol. The summed E-state index contributed by atoms with van der Waals surface area (Å²) in [7, 11) is 4.16. The summed E-state index contributed by atoms with van der Waals surface area (Å²) in [6.07, 6.45) is 7.01. The summed E-state index contributed by atoms with van der Waals surface area (Å²) in [5.74, 6) is 0.817. The molecule has 1 aliphatic rings. The highest BCUT2D eigenvalue weighted by Gasteiger charge is 2.15. The molecule has 0 spiro atoms. The molecule has 0 aromatic carbocycles. The molecular formula is C13H24N2. The van der Waals surface area contributed by atoms with Crippen LogP contribution in [0.3, 0.4) is 0 Å². The van der Waals surface area contributed by atoms with Crippen molar-refractivity contribution in [3.05, 3.63) is 24.4 Å². The summed E-state index contributed by atoms with van der Waals surface area (Å²) in [5, 5.41) is 0. The zero-order chi connectivity index (χ0) is 11.3. The lowest BCUT2D eigenvalue weighted by Crippen LogP contribution is -2.32. The molecule has 1 fully saturated rings. The SMILES string of the molecule is C=C(/C=C/CN(C)C)N1CCCC(C)C1. The fourth-order valence-corrected chi connectivity index (χ4v) is 1.96. The molecule has 0 radical (unpaired) electrons.